The molecule has 0 aliphatic carbocycles. The van der Waals surface area contributed by atoms with Crippen LogP contribution in [0.5, 0.6) is 28.7 Å². The van der Waals surface area contributed by atoms with Crippen LogP contribution in [-0.4, -0.2) is 108 Å². The molecule has 2 aromatic carbocycles. The topological polar surface area (TPSA) is 186 Å². The van der Waals surface area contributed by atoms with Crippen molar-refractivity contribution in [1.82, 2.24) is 0 Å². The van der Waals surface area contributed by atoms with E-state index in [0.29, 0.717) is 11.1 Å². The van der Waals surface area contributed by atoms with Gasteiger partial charge in [-0.25, -0.2) is 0 Å². The van der Waals surface area contributed by atoms with Crippen LogP contribution >= 0.6 is 0 Å². The van der Waals surface area contributed by atoms with Gasteiger partial charge in [0.15, 0.2) is 29.3 Å². The molecule has 3 aliphatic rings. The number of aromatic hydroxyl groups is 2. The average Bonchev–Trinajstić information content (AvgIpc) is 3.50. The van der Waals surface area contributed by atoms with Crippen LogP contribution in [0.4, 0.5) is 0 Å². The summed E-state index contributed by atoms with van der Waals surface area (Å²) in [6, 6.07) is 7.95. The molecule has 40 heavy (non-hydrogen) atoms. The summed E-state index contributed by atoms with van der Waals surface area (Å²) >= 11 is 0. The lowest BCUT2D eigenvalue weighted by Gasteiger charge is -2.44. The van der Waals surface area contributed by atoms with Gasteiger partial charge in [-0.2, -0.15) is 0 Å². The Kier molecular flexibility index (Phi) is 8.01. The molecule has 3 fully saturated rings. The Labute approximate surface area is 230 Å². The van der Waals surface area contributed by atoms with E-state index in [2.05, 4.69) is 0 Å². The van der Waals surface area contributed by atoms with E-state index < -0.39 is 61.0 Å². The van der Waals surface area contributed by atoms with Crippen molar-refractivity contribution in [2.45, 2.75) is 48.5 Å². The highest BCUT2D eigenvalue weighted by molar-refractivity contribution is 5.54. The van der Waals surface area contributed by atoms with Gasteiger partial charge in [-0.3, -0.25) is 0 Å². The molecule has 0 spiro atoms. The van der Waals surface area contributed by atoms with Crippen molar-refractivity contribution < 1.29 is 63.8 Å². The fourth-order valence-corrected chi connectivity index (χ4v) is 5.75. The normalized spacial score (nSPS) is 35.4. The molecule has 6 N–H and O–H groups in total. The smallest absolute Gasteiger partial charge is 0.200 e. The van der Waals surface area contributed by atoms with Crippen LogP contribution in [-0.2, 0) is 18.9 Å². The van der Waals surface area contributed by atoms with Crippen LogP contribution in [0.25, 0.3) is 0 Å². The van der Waals surface area contributed by atoms with Gasteiger partial charge in [0.25, 0.3) is 0 Å². The Bertz CT molecular complexity index is 1180. The zero-order valence-corrected chi connectivity index (χ0v) is 22.2. The number of hydrogen-bond donors (Lipinski definition) is 6. The highest BCUT2D eigenvalue weighted by Crippen LogP contribution is 2.57. The number of hydrogen-bond acceptors (Lipinski definition) is 13. The number of benzene rings is 2. The molecule has 9 atom stereocenters. The molecule has 5 rings (SSSR count). The predicted octanol–water partition coefficient (Wildman–Crippen LogP) is 0.138. The van der Waals surface area contributed by atoms with E-state index in [1.807, 2.05) is 0 Å². The Morgan fingerprint density at radius 2 is 1.50 bits per heavy atom. The Morgan fingerprint density at radius 3 is 2.12 bits per heavy atom. The minimum absolute atomic E-state index is 0.0445. The number of rotatable bonds is 8. The van der Waals surface area contributed by atoms with Gasteiger partial charge in [-0.15, -0.1) is 0 Å². The highest BCUT2D eigenvalue weighted by Gasteiger charge is 2.63. The molecule has 3 saturated heterocycles. The van der Waals surface area contributed by atoms with Gasteiger partial charge in [0, 0.05) is 5.92 Å². The summed E-state index contributed by atoms with van der Waals surface area (Å²) < 4.78 is 40.6. The maximum Gasteiger partial charge on any atom is 0.200 e. The molecular formula is C27H34O13. The van der Waals surface area contributed by atoms with Crippen molar-refractivity contribution in [3.8, 4) is 28.7 Å². The molecule has 0 unspecified atom stereocenters. The molecule has 13 heteroatoms. The zero-order valence-electron chi connectivity index (χ0n) is 22.2. The Balaban J connectivity index is 1.57. The average molecular weight is 567 g/mol. The number of ether oxygens (including phenoxy) is 7. The molecule has 220 valence electrons. The SMILES string of the molecule is COc1cc([C@@H]2OC[C@@]3(O[C@H]4O[C@@H](CO)[C@H](O)[C@@H](O)[C@@H]4O)[C@H](c4cc(OC)c(O)c(OC)c4)OC[C@@H]23)ccc1O. The van der Waals surface area contributed by atoms with E-state index in [0.717, 1.165) is 0 Å². The van der Waals surface area contributed by atoms with E-state index in [4.69, 9.17) is 33.2 Å². The van der Waals surface area contributed by atoms with Gasteiger partial charge in [0.1, 0.15) is 36.1 Å². The van der Waals surface area contributed by atoms with E-state index >= 15 is 0 Å². The number of phenols is 2. The van der Waals surface area contributed by atoms with Gasteiger partial charge in [0.2, 0.25) is 5.75 Å². The van der Waals surface area contributed by atoms with E-state index in [9.17, 15) is 30.6 Å². The van der Waals surface area contributed by atoms with Gasteiger partial charge in [-0.05, 0) is 35.4 Å². The molecule has 0 bridgehead atoms. The summed E-state index contributed by atoms with van der Waals surface area (Å²) in [7, 11) is 4.22. The quantitative estimate of drug-likeness (QED) is 0.254. The molecule has 2 aromatic rings. The third kappa shape index (κ3) is 4.62. The molecule has 13 nitrogen and oxygen atoms in total. The van der Waals surface area contributed by atoms with E-state index in [1.165, 1.54) is 27.4 Å². The number of fused-ring (bicyclic) bond motifs is 1. The predicted molar refractivity (Wildman–Crippen MR) is 134 cm³/mol. The lowest BCUT2D eigenvalue weighted by Crippen LogP contribution is -2.61. The van der Waals surface area contributed by atoms with Crippen LogP contribution in [0.1, 0.15) is 23.3 Å². The van der Waals surface area contributed by atoms with Crippen LogP contribution < -0.4 is 14.2 Å². The maximum absolute atomic E-state index is 10.8. The molecule has 0 saturated carbocycles. The fourth-order valence-electron chi connectivity index (χ4n) is 5.75. The fraction of sp³-hybridized carbons (Fsp3) is 0.556. The summed E-state index contributed by atoms with van der Waals surface area (Å²) in [4.78, 5) is 0. The van der Waals surface area contributed by atoms with Crippen LogP contribution in [0.2, 0.25) is 0 Å². The van der Waals surface area contributed by atoms with Crippen molar-refractivity contribution in [1.29, 1.82) is 0 Å². The van der Waals surface area contributed by atoms with Crippen molar-refractivity contribution in [2.75, 3.05) is 41.2 Å². The molecular weight excluding hydrogens is 532 g/mol. The summed E-state index contributed by atoms with van der Waals surface area (Å²) in [5, 5.41) is 61.7. The van der Waals surface area contributed by atoms with E-state index in [-0.39, 0.29) is 42.0 Å². The lowest BCUT2D eigenvalue weighted by atomic mass is 9.80. The van der Waals surface area contributed by atoms with Crippen molar-refractivity contribution in [3.63, 3.8) is 0 Å². The minimum Gasteiger partial charge on any atom is -0.504 e. The summed E-state index contributed by atoms with van der Waals surface area (Å²) in [6.07, 6.45) is -9.01. The van der Waals surface area contributed by atoms with Gasteiger partial charge in [0.05, 0.1) is 47.3 Å². The second-order valence-electron chi connectivity index (χ2n) is 10.0. The standard InChI is InChI=1S/C27H34O13/c1-34-16-6-12(4-5-15(16)29)24-14-10-37-25(13-7-17(35-2)20(30)18(8-13)36-3)27(14,11-38-24)40-26-23(33)22(32)21(31)19(9-28)39-26/h4-8,14,19,21-26,28-33H,9-11H2,1-3H3/t14-,19-,21-,22+,23-,24-,25-,26+,27-/m0/s1. The van der Waals surface area contributed by atoms with Crippen molar-refractivity contribution >= 4 is 0 Å². The highest BCUT2D eigenvalue weighted by atomic mass is 16.7. The number of phenolic OH excluding ortho intramolecular Hbond substituents is 2. The third-order valence-electron chi connectivity index (χ3n) is 7.89. The first-order chi connectivity index (χ1) is 19.2. The monoisotopic (exact) mass is 566 g/mol. The molecule has 3 aliphatic heterocycles. The number of aliphatic hydroxyl groups excluding tert-OH is 4. The first-order valence-electron chi connectivity index (χ1n) is 12.7. The molecule has 0 amide bonds. The summed E-state index contributed by atoms with van der Waals surface area (Å²) in [5.74, 6) is -0.256. The largest absolute Gasteiger partial charge is 0.504 e. The minimum atomic E-state index is -1.66. The van der Waals surface area contributed by atoms with Crippen molar-refractivity contribution in [3.05, 3.63) is 41.5 Å². The van der Waals surface area contributed by atoms with Gasteiger partial charge < -0.3 is 63.8 Å². The molecule has 0 radical (unpaired) electrons. The second kappa shape index (κ2) is 11.2. The van der Waals surface area contributed by atoms with Crippen LogP contribution in [0.3, 0.4) is 0 Å². The van der Waals surface area contributed by atoms with Gasteiger partial charge >= 0.3 is 0 Å². The first-order valence-corrected chi connectivity index (χ1v) is 12.7. The molecule has 3 heterocycles. The van der Waals surface area contributed by atoms with Crippen LogP contribution in [0.15, 0.2) is 30.3 Å². The Hall–Kier alpha value is -2.88. The number of aliphatic hydroxyl groups is 4. The summed E-state index contributed by atoms with van der Waals surface area (Å²) in [5.41, 5.74) is -0.161. The zero-order chi connectivity index (χ0) is 28.8. The third-order valence-corrected chi connectivity index (χ3v) is 7.89. The Morgan fingerprint density at radius 1 is 0.850 bits per heavy atom. The van der Waals surface area contributed by atoms with Crippen LogP contribution in [0, 0.1) is 5.92 Å². The molecule has 0 aromatic heterocycles. The van der Waals surface area contributed by atoms with Gasteiger partial charge in [-0.1, -0.05) is 6.07 Å². The lowest BCUT2D eigenvalue weighted by molar-refractivity contribution is -0.334. The second-order valence-corrected chi connectivity index (χ2v) is 10.0. The van der Waals surface area contributed by atoms with E-state index in [1.54, 1.807) is 24.3 Å². The first kappa shape index (κ1) is 28.6. The maximum atomic E-state index is 10.8. The van der Waals surface area contributed by atoms with Crippen molar-refractivity contribution in [2.24, 2.45) is 5.92 Å². The number of methoxy groups -OCH3 is 3. The summed E-state index contributed by atoms with van der Waals surface area (Å²) in [6.45, 7) is -0.557.